The minimum atomic E-state index is -0.231. The molecule has 6 heteroatoms. The summed E-state index contributed by atoms with van der Waals surface area (Å²) in [7, 11) is 1.78. The molecule has 0 aliphatic carbocycles. The van der Waals surface area contributed by atoms with Crippen molar-refractivity contribution >= 4 is 11.7 Å². The van der Waals surface area contributed by atoms with Gasteiger partial charge in [0.05, 0.1) is 12.2 Å². The zero-order chi connectivity index (χ0) is 22.6. The number of benzene rings is 2. The minimum Gasteiger partial charge on any atom is -0.347 e. The second-order valence-corrected chi connectivity index (χ2v) is 8.69. The third-order valence-electron chi connectivity index (χ3n) is 6.51. The Kier molecular flexibility index (Phi) is 6.72. The van der Waals surface area contributed by atoms with Crippen LogP contribution in [-0.4, -0.2) is 45.5 Å². The van der Waals surface area contributed by atoms with Crippen LogP contribution in [0.3, 0.4) is 0 Å². The number of unbranched alkanes of at least 4 members (excludes halogenated alkanes) is 1. The van der Waals surface area contributed by atoms with Crippen LogP contribution in [0.15, 0.2) is 60.7 Å². The van der Waals surface area contributed by atoms with Crippen LogP contribution in [-0.2, 0) is 25.9 Å². The van der Waals surface area contributed by atoms with Gasteiger partial charge in [0, 0.05) is 32.1 Å². The summed E-state index contributed by atoms with van der Waals surface area (Å²) in [5.74, 6) is 1.09. The highest BCUT2D eigenvalue weighted by Gasteiger charge is 2.44. The number of imidazole rings is 1. The molecule has 0 spiro atoms. The predicted molar refractivity (Wildman–Crippen MR) is 126 cm³/mol. The fourth-order valence-corrected chi connectivity index (χ4v) is 4.59. The lowest BCUT2D eigenvalue weighted by Gasteiger charge is -2.38. The molecule has 2 amide bonds. The molecule has 0 fully saturated rings. The van der Waals surface area contributed by atoms with Gasteiger partial charge in [-0.05, 0) is 24.1 Å². The number of nitrogens with zero attached hydrogens (tertiary/aromatic N) is 4. The Balaban J connectivity index is 1.65. The molecule has 0 radical (unpaired) electrons. The standard InChI is InChI=1S/C26H33N4O2/c1-3-4-15-25-27-23-19-30(20-31,26(32)28(2)22-13-9-6-10-14-22)17-16-24(23)29(25)18-21-11-7-5-8-12-21/h5-14,31H,3-4,15-20H2,1-2H3/q+1/t30-/m0/s1. The summed E-state index contributed by atoms with van der Waals surface area (Å²) >= 11 is 0. The Bertz CT molecular complexity index is 1050. The van der Waals surface area contributed by atoms with Crippen molar-refractivity contribution in [2.75, 3.05) is 25.2 Å². The van der Waals surface area contributed by atoms with Gasteiger partial charge in [0.15, 0.2) is 6.73 Å². The Morgan fingerprint density at radius 3 is 2.47 bits per heavy atom. The lowest BCUT2D eigenvalue weighted by atomic mass is 10.1. The van der Waals surface area contributed by atoms with E-state index in [9.17, 15) is 9.90 Å². The van der Waals surface area contributed by atoms with E-state index in [1.54, 1.807) is 11.9 Å². The van der Waals surface area contributed by atoms with E-state index in [2.05, 4.69) is 35.8 Å². The van der Waals surface area contributed by atoms with E-state index in [0.29, 0.717) is 13.1 Å². The molecule has 1 aromatic heterocycles. The highest BCUT2D eigenvalue weighted by atomic mass is 16.3. The van der Waals surface area contributed by atoms with Gasteiger partial charge >= 0.3 is 6.03 Å². The summed E-state index contributed by atoms with van der Waals surface area (Å²) in [6.07, 6.45) is 3.84. The van der Waals surface area contributed by atoms with Gasteiger partial charge in [-0.2, -0.15) is 0 Å². The molecule has 2 heterocycles. The number of urea groups is 1. The van der Waals surface area contributed by atoms with Gasteiger partial charge in [0.2, 0.25) is 0 Å². The fraction of sp³-hybridized carbons (Fsp3) is 0.385. The average molecular weight is 434 g/mol. The Labute approximate surface area is 190 Å². The topological polar surface area (TPSA) is 58.4 Å². The summed E-state index contributed by atoms with van der Waals surface area (Å²) in [6, 6.07) is 20.0. The quantitative estimate of drug-likeness (QED) is 0.564. The van der Waals surface area contributed by atoms with Crippen LogP contribution >= 0.6 is 0 Å². The number of carbonyl (C=O) groups is 1. The lowest BCUT2D eigenvalue weighted by Crippen LogP contribution is -2.60. The van der Waals surface area contributed by atoms with Crippen molar-refractivity contribution in [3.8, 4) is 0 Å². The van der Waals surface area contributed by atoms with Gasteiger partial charge in [0.1, 0.15) is 18.1 Å². The first-order valence-electron chi connectivity index (χ1n) is 11.5. The number of fused-ring (bicyclic) bond motifs is 1. The van der Waals surface area contributed by atoms with Crippen LogP contribution in [0.4, 0.5) is 10.5 Å². The maximum absolute atomic E-state index is 13.5. The molecule has 0 saturated carbocycles. The monoisotopic (exact) mass is 433 g/mol. The molecule has 6 nitrogen and oxygen atoms in total. The van der Waals surface area contributed by atoms with Crippen LogP contribution in [0.1, 0.15) is 42.5 Å². The molecule has 0 bridgehead atoms. The first-order valence-corrected chi connectivity index (χ1v) is 11.5. The van der Waals surface area contributed by atoms with E-state index < -0.39 is 0 Å². The number of quaternary nitrogens is 1. The fourth-order valence-electron chi connectivity index (χ4n) is 4.59. The SMILES string of the molecule is CCCCc1nc2c(n1Cc1ccccc1)CC[N@+](CO)(C(=O)N(C)c1ccccc1)C2. The van der Waals surface area contributed by atoms with Crippen LogP contribution < -0.4 is 4.90 Å². The number of aryl methyl sites for hydroxylation is 1. The zero-order valence-corrected chi connectivity index (χ0v) is 19.1. The molecule has 1 aliphatic heterocycles. The molecule has 4 rings (SSSR count). The van der Waals surface area contributed by atoms with Gasteiger partial charge in [-0.25, -0.2) is 14.3 Å². The van der Waals surface area contributed by atoms with Gasteiger partial charge in [0.25, 0.3) is 0 Å². The van der Waals surface area contributed by atoms with Crippen molar-refractivity contribution in [1.29, 1.82) is 0 Å². The normalized spacial score (nSPS) is 17.7. The molecular formula is C26H33N4O2+. The first-order chi connectivity index (χ1) is 15.6. The number of hydrogen-bond donors (Lipinski definition) is 1. The van der Waals surface area contributed by atoms with E-state index >= 15 is 0 Å². The van der Waals surface area contributed by atoms with Crippen molar-refractivity contribution < 1.29 is 14.4 Å². The summed E-state index contributed by atoms with van der Waals surface area (Å²) in [5, 5.41) is 10.4. The molecular weight excluding hydrogens is 400 g/mol. The maximum Gasteiger partial charge on any atom is 0.425 e. The molecule has 0 unspecified atom stereocenters. The molecule has 1 atom stereocenters. The Hall–Kier alpha value is -2.96. The van der Waals surface area contributed by atoms with Crippen LogP contribution in [0.2, 0.25) is 0 Å². The van der Waals surface area contributed by atoms with E-state index in [4.69, 9.17) is 4.98 Å². The number of rotatable bonds is 7. The van der Waals surface area contributed by atoms with Gasteiger partial charge in [-0.1, -0.05) is 61.9 Å². The number of amides is 2. The largest absolute Gasteiger partial charge is 0.425 e. The van der Waals surface area contributed by atoms with Crippen molar-refractivity contribution in [2.45, 2.75) is 45.7 Å². The van der Waals surface area contributed by atoms with E-state index in [0.717, 1.165) is 49.4 Å². The number of para-hydroxylation sites is 1. The number of hydrogen-bond acceptors (Lipinski definition) is 3. The van der Waals surface area contributed by atoms with Crippen molar-refractivity contribution in [1.82, 2.24) is 9.55 Å². The Morgan fingerprint density at radius 1 is 1.12 bits per heavy atom. The first kappa shape index (κ1) is 22.2. The average Bonchev–Trinajstić information content (AvgIpc) is 3.18. The third kappa shape index (κ3) is 4.33. The van der Waals surface area contributed by atoms with Gasteiger partial charge in [-0.3, -0.25) is 4.90 Å². The highest BCUT2D eigenvalue weighted by molar-refractivity contribution is 5.86. The number of aliphatic hydroxyl groups excluding tert-OH is 1. The van der Waals surface area contributed by atoms with E-state index in [1.807, 2.05) is 36.4 Å². The molecule has 1 N–H and O–H groups in total. The number of aromatic nitrogens is 2. The van der Waals surface area contributed by atoms with Crippen molar-refractivity contribution in [3.63, 3.8) is 0 Å². The van der Waals surface area contributed by atoms with Gasteiger partial charge < -0.3 is 9.67 Å². The second kappa shape index (κ2) is 9.67. The maximum atomic E-state index is 13.5. The number of anilines is 1. The second-order valence-electron chi connectivity index (χ2n) is 8.69. The molecule has 3 aromatic rings. The zero-order valence-electron chi connectivity index (χ0n) is 19.1. The Morgan fingerprint density at radius 2 is 1.81 bits per heavy atom. The number of aliphatic hydroxyl groups is 1. The van der Waals surface area contributed by atoms with Gasteiger partial charge in [-0.15, -0.1) is 0 Å². The highest BCUT2D eigenvalue weighted by Crippen LogP contribution is 2.29. The smallest absolute Gasteiger partial charge is 0.347 e. The molecule has 168 valence electrons. The number of carbonyl (C=O) groups excluding carboxylic acids is 1. The van der Waals surface area contributed by atoms with Crippen LogP contribution in [0.25, 0.3) is 0 Å². The summed E-state index contributed by atoms with van der Waals surface area (Å²) in [4.78, 5) is 20.2. The van der Waals surface area contributed by atoms with Crippen LogP contribution in [0.5, 0.6) is 0 Å². The summed E-state index contributed by atoms with van der Waals surface area (Å²) in [5.41, 5.74) is 4.23. The van der Waals surface area contributed by atoms with Crippen molar-refractivity contribution in [3.05, 3.63) is 83.4 Å². The predicted octanol–water partition coefficient (Wildman–Crippen LogP) is 4.35. The van der Waals surface area contributed by atoms with Crippen LogP contribution in [0, 0.1) is 0 Å². The molecule has 2 aromatic carbocycles. The summed E-state index contributed by atoms with van der Waals surface area (Å²) in [6.45, 7) is 3.73. The minimum absolute atomic E-state index is 0.0199. The van der Waals surface area contributed by atoms with E-state index in [1.165, 1.54) is 11.3 Å². The third-order valence-corrected chi connectivity index (χ3v) is 6.51. The molecule has 0 saturated heterocycles. The molecule has 1 aliphatic rings. The lowest BCUT2D eigenvalue weighted by molar-refractivity contribution is -0.884. The van der Waals surface area contributed by atoms with Crippen molar-refractivity contribution in [2.24, 2.45) is 0 Å². The molecule has 32 heavy (non-hydrogen) atoms. The van der Waals surface area contributed by atoms with E-state index in [-0.39, 0.29) is 17.2 Å². The summed E-state index contributed by atoms with van der Waals surface area (Å²) < 4.78 is 2.32.